The standard InChI is InChI=1S/C14H23NO2S/c1-13(2,3)14(4,5)15(6)18(16,17)12-10-8-7-9-11-12/h7-11H,1-6H3. The lowest BCUT2D eigenvalue weighted by Gasteiger charge is -2.45. The highest BCUT2D eigenvalue weighted by atomic mass is 32.2. The summed E-state index contributed by atoms with van der Waals surface area (Å²) in [5, 5.41) is 0. The van der Waals surface area contributed by atoms with Crippen LogP contribution in [0.25, 0.3) is 0 Å². The van der Waals surface area contributed by atoms with Crippen LogP contribution in [0.1, 0.15) is 34.6 Å². The second kappa shape index (κ2) is 4.67. The van der Waals surface area contributed by atoms with Gasteiger partial charge in [0.1, 0.15) is 0 Å². The highest BCUT2D eigenvalue weighted by Crippen LogP contribution is 2.37. The molecule has 1 rings (SSSR count). The van der Waals surface area contributed by atoms with E-state index in [0.29, 0.717) is 4.90 Å². The summed E-state index contributed by atoms with van der Waals surface area (Å²) >= 11 is 0. The topological polar surface area (TPSA) is 37.4 Å². The third-order valence-corrected chi connectivity index (χ3v) is 6.07. The predicted molar refractivity (Wildman–Crippen MR) is 74.9 cm³/mol. The molecule has 0 aliphatic heterocycles. The Kier molecular flexibility index (Phi) is 3.94. The van der Waals surface area contributed by atoms with Crippen molar-refractivity contribution >= 4 is 10.0 Å². The average molecular weight is 269 g/mol. The third-order valence-electron chi connectivity index (χ3n) is 4.02. The maximum absolute atomic E-state index is 12.6. The van der Waals surface area contributed by atoms with Crippen molar-refractivity contribution in [3.8, 4) is 0 Å². The van der Waals surface area contributed by atoms with E-state index in [0.717, 1.165) is 0 Å². The van der Waals surface area contributed by atoms with Crippen LogP contribution in [0.15, 0.2) is 35.2 Å². The van der Waals surface area contributed by atoms with Gasteiger partial charge < -0.3 is 0 Å². The first-order valence-electron chi connectivity index (χ1n) is 6.05. The second-order valence-corrected chi connectivity index (χ2v) is 8.06. The highest BCUT2D eigenvalue weighted by molar-refractivity contribution is 7.89. The largest absolute Gasteiger partial charge is 0.243 e. The average Bonchev–Trinajstić information content (AvgIpc) is 2.27. The summed E-state index contributed by atoms with van der Waals surface area (Å²) in [5.74, 6) is 0. The molecule has 0 N–H and O–H groups in total. The van der Waals surface area contributed by atoms with Crippen LogP contribution in [0.5, 0.6) is 0 Å². The molecule has 0 fully saturated rings. The lowest BCUT2D eigenvalue weighted by atomic mass is 9.76. The molecule has 0 radical (unpaired) electrons. The van der Waals surface area contributed by atoms with E-state index in [1.165, 1.54) is 4.31 Å². The van der Waals surface area contributed by atoms with Crippen LogP contribution in [-0.4, -0.2) is 25.3 Å². The zero-order valence-electron chi connectivity index (χ0n) is 12.1. The molecule has 0 saturated carbocycles. The molecule has 4 heteroatoms. The van der Waals surface area contributed by atoms with Crippen molar-refractivity contribution in [1.82, 2.24) is 4.31 Å². The number of rotatable bonds is 3. The van der Waals surface area contributed by atoms with E-state index in [2.05, 4.69) is 0 Å². The Morgan fingerprint density at radius 1 is 0.944 bits per heavy atom. The third kappa shape index (κ3) is 2.59. The fourth-order valence-electron chi connectivity index (χ4n) is 1.52. The summed E-state index contributed by atoms with van der Waals surface area (Å²) in [7, 11) is -1.80. The molecule has 0 saturated heterocycles. The molecule has 0 unspecified atom stereocenters. The van der Waals surface area contributed by atoms with Gasteiger partial charge >= 0.3 is 0 Å². The summed E-state index contributed by atoms with van der Waals surface area (Å²) < 4.78 is 26.6. The van der Waals surface area contributed by atoms with Gasteiger partial charge in [0, 0.05) is 12.6 Å². The molecule has 102 valence electrons. The summed E-state index contributed by atoms with van der Waals surface area (Å²) in [5.41, 5.74) is -0.620. The summed E-state index contributed by atoms with van der Waals surface area (Å²) in [6.07, 6.45) is 0. The second-order valence-electron chi connectivity index (χ2n) is 6.09. The van der Waals surface area contributed by atoms with Crippen molar-refractivity contribution in [3.63, 3.8) is 0 Å². The molecule has 0 spiro atoms. The monoisotopic (exact) mass is 269 g/mol. The number of benzene rings is 1. The minimum Gasteiger partial charge on any atom is -0.207 e. The molecular formula is C14H23NO2S. The normalized spacial score (nSPS) is 13.9. The van der Waals surface area contributed by atoms with Crippen LogP contribution < -0.4 is 0 Å². The lowest BCUT2D eigenvalue weighted by molar-refractivity contribution is 0.108. The first kappa shape index (κ1) is 15.2. The zero-order valence-corrected chi connectivity index (χ0v) is 12.9. The van der Waals surface area contributed by atoms with Crippen molar-refractivity contribution < 1.29 is 8.42 Å². The molecule has 0 bridgehead atoms. The van der Waals surface area contributed by atoms with Gasteiger partial charge in [-0.15, -0.1) is 0 Å². The van der Waals surface area contributed by atoms with Crippen LogP contribution >= 0.6 is 0 Å². The van der Waals surface area contributed by atoms with Crippen LogP contribution in [0.3, 0.4) is 0 Å². The van der Waals surface area contributed by atoms with Gasteiger partial charge in [0.2, 0.25) is 10.0 Å². The first-order chi connectivity index (χ1) is 8.01. The molecule has 1 aromatic carbocycles. The highest BCUT2D eigenvalue weighted by Gasteiger charge is 2.42. The van der Waals surface area contributed by atoms with E-state index in [-0.39, 0.29) is 5.41 Å². The van der Waals surface area contributed by atoms with Crippen molar-refractivity contribution in [2.75, 3.05) is 7.05 Å². The molecule has 0 amide bonds. The Morgan fingerprint density at radius 2 is 1.39 bits per heavy atom. The summed E-state index contributed by atoms with van der Waals surface area (Å²) in [6.45, 7) is 10.0. The van der Waals surface area contributed by atoms with E-state index in [4.69, 9.17) is 0 Å². The maximum Gasteiger partial charge on any atom is 0.243 e. The fraction of sp³-hybridized carbons (Fsp3) is 0.571. The number of nitrogens with zero attached hydrogens (tertiary/aromatic N) is 1. The molecule has 3 nitrogen and oxygen atoms in total. The fourth-order valence-corrected chi connectivity index (χ4v) is 3.22. The predicted octanol–water partition coefficient (Wildman–Crippen LogP) is 3.13. The van der Waals surface area contributed by atoms with Gasteiger partial charge in [-0.25, -0.2) is 8.42 Å². The van der Waals surface area contributed by atoms with Crippen LogP contribution in [-0.2, 0) is 10.0 Å². The van der Waals surface area contributed by atoms with E-state index in [1.807, 2.05) is 40.7 Å². The molecular weight excluding hydrogens is 246 g/mol. The number of hydrogen-bond acceptors (Lipinski definition) is 2. The van der Waals surface area contributed by atoms with E-state index in [1.54, 1.807) is 31.3 Å². The minimum atomic E-state index is -3.45. The smallest absolute Gasteiger partial charge is 0.207 e. The molecule has 0 aliphatic rings. The number of sulfonamides is 1. The Hall–Kier alpha value is -0.870. The molecule has 1 aromatic rings. The van der Waals surface area contributed by atoms with Gasteiger partial charge in [0.25, 0.3) is 0 Å². The Morgan fingerprint density at radius 3 is 1.78 bits per heavy atom. The molecule has 0 aliphatic carbocycles. The van der Waals surface area contributed by atoms with Crippen molar-refractivity contribution in [1.29, 1.82) is 0 Å². The molecule has 0 atom stereocenters. The van der Waals surface area contributed by atoms with Gasteiger partial charge in [-0.05, 0) is 31.4 Å². The Balaban J connectivity index is 3.24. The van der Waals surface area contributed by atoms with Crippen molar-refractivity contribution in [2.45, 2.75) is 45.1 Å². The Labute approximate surface area is 111 Å². The summed E-state index contributed by atoms with van der Waals surface area (Å²) in [4.78, 5) is 0.338. The SMILES string of the molecule is CN(C(C)(C)C(C)(C)C)S(=O)(=O)c1ccccc1. The maximum atomic E-state index is 12.6. The minimum absolute atomic E-state index is 0.149. The molecule has 18 heavy (non-hydrogen) atoms. The van der Waals surface area contributed by atoms with E-state index >= 15 is 0 Å². The van der Waals surface area contributed by atoms with Crippen molar-refractivity contribution in [3.05, 3.63) is 30.3 Å². The Bertz CT molecular complexity index is 498. The van der Waals surface area contributed by atoms with Crippen LogP contribution in [0, 0.1) is 5.41 Å². The first-order valence-corrected chi connectivity index (χ1v) is 7.49. The quantitative estimate of drug-likeness (QED) is 0.845. The van der Waals surface area contributed by atoms with Gasteiger partial charge in [0.15, 0.2) is 0 Å². The van der Waals surface area contributed by atoms with Crippen LogP contribution in [0.2, 0.25) is 0 Å². The van der Waals surface area contributed by atoms with Gasteiger partial charge in [-0.3, -0.25) is 0 Å². The van der Waals surface area contributed by atoms with Gasteiger partial charge in [0.05, 0.1) is 4.90 Å². The molecule has 0 aromatic heterocycles. The summed E-state index contributed by atoms with van der Waals surface area (Å²) in [6, 6.07) is 8.55. The van der Waals surface area contributed by atoms with Crippen molar-refractivity contribution in [2.24, 2.45) is 5.41 Å². The number of hydrogen-bond donors (Lipinski definition) is 0. The van der Waals surface area contributed by atoms with Gasteiger partial charge in [-0.1, -0.05) is 39.0 Å². The lowest BCUT2D eigenvalue weighted by Crippen LogP contribution is -2.53. The van der Waals surface area contributed by atoms with Gasteiger partial charge in [-0.2, -0.15) is 4.31 Å². The zero-order chi connectivity index (χ0) is 14.2. The van der Waals surface area contributed by atoms with E-state index in [9.17, 15) is 8.42 Å². The van der Waals surface area contributed by atoms with E-state index < -0.39 is 15.6 Å². The molecule has 0 heterocycles. The van der Waals surface area contributed by atoms with Crippen LogP contribution in [0.4, 0.5) is 0 Å².